The van der Waals surface area contributed by atoms with Crippen LogP contribution in [0.5, 0.6) is 5.75 Å². The molecule has 2 amide bonds. The van der Waals surface area contributed by atoms with Crippen molar-refractivity contribution < 1.29 is 47.0 Å². The molecule has 13 nitrogen and oxygen atoms in total. The minimum Gasteiger partial charge on any atom is -0.482 e. The van der Waals surface area contributed by atoms with E-state index < -0.39 is 70.3 Å². The van der Waals surface area contributed by atoms with Crippen LogP contribution in [0, 0.1) is 11.6 Å². The van der Waals surface area contributed by atoms with Crippen LogP contribution in [-0.2, 0) is 32.3 Å². The number of ether oxygens (including phenoxy) is 3. The van der Waals surface area contributed by atoms with E-state index in [9.17, 15) is 32.8 Å². The van der Waals surface area contributed by atoms with Gasteiger partial charge in [0.05, 0.1) is 25.1 Å². The quantitative estimate of drug-likeness (QED) is 0.0927. The van der Waals surface area contributed by atoms with E-state index in [1.54, 1.807) is 23.1 Å². The highest BCUT2D eigenvalue weighted by Gasteiger charge is 2.55. The highest BCUT2D eigenvalue weighted by molar-refractivity contribution is 6.01. The van der Waals surface area contributed by atoms with Gasteiger partial charge in [0.15, 0.2) is 11.3 Å². The first-order valence-corrected chi connectivity index (χ1v) is 21.5. The summed E-state index contributed by atoms with van der Waals surface area (Å²) in [5.74, 6) is -5.06. The Labute approximate surface area is 354 Å². The number of amides is 2. The summed E-state index contributed by atoms with van der Waals surface area (Å²) in [6, 6.07) is 8.12. The summed E-state index contributed by atoms with van der Waals surface area (Å²) in [6.45, 7) is 3.55. The molecule has 0 saturated carbocycles. The van der Waals surface area contributed by atoms with Crippen molar-refractivity contribution in [3.8, 4) is 5.75 Å². The first kappa shape index (κ1) is 44.9. The zero-order valence-corrected chi connectivity index (χ0v) is 35.3. The van der Waals surface area contributed by atoms with Gasteiger partial charge < -0.3 is 33.8 Å². The molecule has 4 heterocycles. The number of aromatic nitrogens is 1. The van der Waals surface area contributed by atoms with Gasteiger partial charge >= 0.3 is 11.9 Å². The Balaban J connectivity index is 1.22. The summed E-state index contributed by atoms with van der Waals surface area (Å²) in [4.78, 5) is 77.1. The normalized spacial score (nSPS) is 19.1. The number of oxime groups is 1. The summed E-state index contributed by atoms with van der Waals surface area (Å²) in [5.41, 5.74) is -2.65. The fourth-order valence-electron chi connectivity index (χ4n) is 8.37. The molecular weight excluding hydrogens is 791 g/mol. The molecule has 3 aliphatic heterocycles. The fourth-order valence-corrected chi connectivity index (χ4v) is 8.37. The van der Waals surface area contributed by atoms with Gasteiger partial charge in [0.1, 0.15) is 23.8 Å². The van der Waals surface area contributed by atoms with E-state index in [-0.39, 0.29) is 48.9 Å². The fraction of sp³-hybridized carbons (Fsp3) is 0.522. The van der Waals surface area contributed by atoms with Crippen molar-refractivity contribution in [2.24, 2.45) is 5.16 Å². The van der Waals surface area contributed by atoms with E-state index in [2.05, 4.69) is 17.4 Å². The Morgan fingerprint density at radius 3 is 2.33 bits per heavy atom. The molecule has 0 radical (unpaired) electrons. The number of hydrogen-bond donors (Lipinski definition) is 1. The zero-order valence-electron chi connectivity index (χ0n) is 35.3. The van der Waals surface area contributed by atoms with Gasteiger partial charge in [-0.2, -0.15) is 0 Å². The predicted molar refractivity (Wildman–Crippen MR) is 222 cm³/mol. The number of pyridine rings is 1. The van der Waals surface area contributed by atoms with E-state index in [0.717, 1.165) is 25.3 Å². The van der Waals surface area contributed by atoms with Crippen molar-refractivity contribution in [1.82, 2.24) is 14.8 Å². The molecular formula is C46H56F2N4O9. The van der Waals surface area contributed by atoms with Gasteiger partial charge in [-0.25, -0.2) is 13.6 Å². The van der Waals surface area contributed by atoms with Crippen LogP contribution >= 0.6 is 0 Å². The van der Waals surface area contributed by atoms with Crippen LogP contribution in [-0.4, -0.2) is 64.4 Å². The Kier molecular flexibility index (Phi) is 15.3. The molecule has 15 heteroatoms. The molecule has 1 spiro atoms. The molecule has 3 atom stereocenters. The van der Waals surface area contributed by atoms with E-state index in [1.807, 2.05) is 6.92 Å². The lowest BCUT2D eigenvalue weighted by atomic mass is 9.85. The molecule has 1 aromatic heterocycles. The third-order valence-corrected chi connectivity index (χ3v) is 12.0. The number of carbonyl (C=O) groups is 4. The number of rotatable bonds is 19. The molecule has 1 fully saturated rings. The SMILES string of the molecule is CCCCCCCCCCCCCC(=O)OCc1ccccc1C(=O)Oc1c2n(cc(C(=O)NCc3ccc(F)cc3F)c1=O)C1CN(C2=O)C(C)CCC12CC(OC)=NO2. The van der Waals surface area contributed by atoms with Crippen LogP contribution in [0.25, 0.3) is 0 Å². The maximum atomic E-state index is 14.5. The zero-order chi connectivity index (χ0) is 43.5. The van der Waals surface area contributed by atoms with E-state index in [0.29, 0.717) is 36.8 Å². The monoisotopic (exact) mass is 846 g/mol. The van der Waals surface area contributed by atoms with Gasteiger partial charge in [0, 0.05) is 48.9 Å². The third kappa shape index (κ3) is 10.7. The molecule has 328 valence electrons. The molecule has 1 N–H and O–H groups in total. The molecule has 61 heavy (non-hydrogen) atoms. The number of unbranched alkanes of at least 4 members (excludes halogenated alkanes) is 10. The number of nitrogens with zero attached hydrogens (tertiary/aromatic N) is 3. The maximum Gasteiger partial charge on any atom is 0.344 e. The lowest BCUT2D eigenvalue weighted by molar-refractivity contribution is -0.145. The summed E-state index contributed by atoms with van der Waals surface area (Å²) in [5, 5.41) is 6.64. The number of methoxy groups -OCH3 is 1. The molecule has 1 saturated heterocycles. The number of benzene rings is 2. The number of fused-ring (bicyclic) bond motifs is 5. The average molecular weight is 847 g/mol. The highest BCUT2D eigenvalue weighted by Crippen LogP contribution is 2.46. The standard InChI is InChI=1S/C46H56F2N4O9/c1-4-5-6-7-8-9-10-11-12-13-14-19-39(53)59-29-32-17-15-16-18-34(32)45(57)60-42-40-44(56)51-28-37(46(23-22-30(51)2)25-38(58-3)50-61-46)52(40)27-35(41(42)54)43(55)49-26-31-20-21-33(47)24-36(31)48/h15-18,20-21,24,27,30,37H,4-14,19,22-23,25-26,28-29H2,1-3H3,(H,49,55). The summed E-state index contributed by atoms with van der Waals surface area (Å²) in [7, 11) is 1.46. The number of esters is 2. The van der Waals surface area contributed by atoms with E-state index >= 15 is 0 Å². The second-order valence-electron chi connectivity index (χ2n) is 16.3. The minimum atomic E-state index is -1.07. The third-order valence-electron chi connectivity index (χ3n) is 12.0. The van der Waals surface area contributed by atoms with Crippen molar-refractivity contribution in [3.63, 3.8) is 0 Å². The van der Waals surface area contributed by atoms with Crippen molar-refractivity contribution in [3.05, 3.63) is 98.5 Å². The topological polar surface area (TPSA) is 155 Å². The van der Waals surface area contributed by atoms with Gasteiger partial charge in [-0.1, -0.05) is 101 Å². The van der Waals surface area contributed by atoms with Crippen LogP contribution in [0.15, 0.2) is 58.6 Å². The van der Waals surface area contributed by atoms with Crippen LogP contribution in [0.3, 0.4) is 0 Å². The molecule has 3 aromatic rings. The van der Waals surface area contributed by atoms with Crippen molar-refractivity contribution in [2.75, 3.05) is 13.7 Å². The minimum absolute atomic E-state index is 0.0205. The predicted octanol–water partition coefficient (Wildman–Crippen LogP) is 8.32. The maximum absolute atomic E-state index is 14.5. The molecule has 6 rings (SSSR count). The second kappa shape index (κ2) is 20.8. The Morgan fingerprint density at radius 1 is 0.934 bits per heavy atom. The lowest BCUT2D eigenvalue weighted by Gasteiger charge is -2.41. The average Bonchev–Trinajstić information content (AvgIpc) is 3.63. The number of halogens is 2. The van der Waals surface area contributed by atoms with Crippen molar-refractivity contribution in [1.29, 1.82) is 0 Å². The van der Waals surface area contributed by atoms with Crippen LogP contribution < -0.4 is 15.5 Å². The largest absolute Gasteiger partial charge is 0.482 e. The number of carbonyl (C=O) groups excluding carboxylic acids is 4. The first-order valence-electron chi connectivity index (χ1n) is 21.5. The second-order valence-corrected chi connectivity index (χ2v) is 16.3. The van der Waals surface area contributed by atoms with Gasteiger partial charge in [-0.05, 0) is 38.3 Å². The molecule has 2 bridgehead atoms. The Bertz CT molecular complexity index is 2170. The van der Waals surface area contributed by atoms with Crippen molar-refractivity contribution in [2.45, 2.75) is 141 Å². The Morgan fingerprint density at radius 2 is 1.64 bits per heavy atom. The van der Waals surface area contributed by atoms with Crippen LogP contribution in [0.2, 0.25) is 0 Å². The van der Waals surface area contributed by atoms with E-state index in [4.69, 9.17) is 19.0 Å². The first-order chi connectivity index (χ1) is 29.5. The van der Waals surface area contributed by atoms with Crippen LogP contribution in [0.1, 0.15) is 159 Å². The van der Waals surface area contributed by atoms with Crippen LogP contribution in [0.4, 0.5) is 8.78 Å². The summed E-state index contributed by atoms with van der Waals surface area (Å²) in [6.07, 6.45) is 15.2. The van der Waals surface area contributed by atoms with Gasteiger partial charge in [0.25, 0.3) is 11.8 Å². The van der Waals surface area contributed by atoms with Gasteiger partial charge in [0.2, 0.25) is 17.1 Å². The molecule has 3 aliphatic rings. The van der Waals surface area contributed by atoms with Crippen molar-refractivity contribution >= 4 is 29.7 Å². The van der Waals surface area contributed by atoms with Gasteiger partial charge in [-0.3, -0.25) is 19.2 Å². The number of hydrogen-bond acceptors (Lipinski definition) is 10. The van der Waals surface area contributed by atoms with Gasteiger partial charge in [-0.15, -0.1) is 0 Å². The number of nitrogens with one attached hydrogen (secondary N) is 1. The lowest BCUT2D eigenvalue weighted by Crippen LogP contribution is -2.52. The summed E-state index contributed by atoms with van der Waals surface area (Å²) < 4.78 is 46.4. The molecule has 2 aromatic carbocycles. The Hall–Kier alpha value is -5.60. The highest BCUT2D eigenvalue weighted by atomic mass is 19.1. The summed E-state index contributed by atoms with van der Waals surface area (Å²) >= 11 is 0. The smallest absolute Gasteiger partial charge is 0.344 e. The molecule has 0 aliphatic carbocycles. The van der Waals surface area contributed by atoms with E-state index in [1.165, 1.54) is 75.0 Å². The molecule has 3 unspecified atom stereocenters.